The first kappa shape index (κ1) is 16.9. The van der Waals surface area contributed by atoms with Crippen molar-refractivity contribution in [1.82, 2.24) is 14.9 Å². The Bertz CT molecular complexity index is 606. The van der Waals surface area contributed by atoms with E-state index in [9.17, 15) is 18.3 Å². The number of aliphatic hydroxyl groups is 1. The molecule has 1 heterocycles. The van der Waals surface area contributed by atoms with Crippen LogP contribution in [0, 0.1) is 5.92 Å². The summed E-state index contributed by atoms with van der Waals surface area (Å²) in [5.74, 6) is -0.430. The van der Waals surface area contributed by atoms with Gasteiger partial charge in [-0.05, 0) is 12.1 Å². The molecule has 0 radical (unpaired) electrons. The number of likely N-dealkylation sites (N-methyl/N-ethyl adjacent to an activating group) is 1. The quantitative estimate of drug-likeness (QED) is 0.623. The number of rotatable bonds is 6. The lowest BCUT2D eigenvalue weighted by atomic mass is 10.1. The minimum atomic E-state index is -3.67. The third kappa shape index (κ3) is 4.04. The number of carbonyl (C=O) groups excluding carboxylic acids is 1. The highest BCUT2D eigenvalue weighted by atomic mass is 32.2. The molecule has 1 aromatic carbocycles. The highest BCUT2D eigenvalue weighted by molar-refractivity contribution is 7.89. The SMILES string of the molecule is CN(CC(=O)NCC1CNCC1O)S(=O)(=O)c1ccccc1. The monoisotopic (exact) mass is 327 g/mol. The van der Waals surface area contributed by atoms with Crippen LogP contribution in [0.15, 0.2) is 35.2 Å². The first-order chi connectivity index (χ1) is 10.4. The van der Waals surface area contributed by atoms with Gasteiger partial charge in [0.1, 0.15) is 0 Å². The van der Waals surface area contributed by atoms with Gasteiger partial charge >= 0.3 is 0 Å². The molecule has 1 saturated heterocycles. The van der Waals surface area contributed by atoms with E-state index in [1.54, 1.807) is 18.2 Å². The minimum absolute atomic E-state index is 0.0417. The van der Waals surface area contributed by atoms with Gasteiger partial charge < -0.3 is 15.7 Å². The highest BCUT2D eigenvalue weighted by Gasteiger charge is 2.26. The number of aliphatic hydroxyl groups excluding tert-OH is 1. The smallest absolute Gasteiger partial charge is 0.243 e. The molecule has 2 rings (SSSR count). The molecule has 1 aromatic rings. The molecule has 2 atom stereocenters. The topological polar surface area (TPSA) is 98.7 Å². The van der Waals surface area contributed by atoms with E-state index >= 15 is 0 Å². The number of benzene rings is 1. The summed E-state index contributed by atoms with van der Waals surface area (Å²) in [6.07, 6.45) is -0.480. The molecule has 0 saturated carbocycles. The van der Waals surface area contributed by atoms with Crippen molar-refractivity contribution >= 4 is 15.9 Å². The first-order valence-corrected chi connectivity index (χ1v) is 8.52. The van der Waals surface area contributed by atoms with Crippen molar-refractivity contribution in [3.8, 4) is 0 Å². The maximum Gasteiger partial charge on any atom is 0.243 e. The molecule has 22 heavy (non-hydrogen) atoms. The molecule has 0 aliphatic carbocycles. The summed E-state index contributed by atoms with van der Waals surface area (Å²) >= 11 is 0. The van der Waals surface area contributed by atoms with Crippen molar-refractivity contribution in [2.45, 2.75) is 11.0 Å². The summed E-state index contributed by atoms with van der Waals surface area (Å²) in [6.45, 7) is 1.22. The van der Waals surface area contributed by atoms with E-state index in [2.05, 4.69) is 10.6 Å². The standard InChI is InChI=1S/C14H21N3O4S/c1-17(22(20,21)12-5-3-2-4-6-12)10-14(19)16-8-11-7-15-9-13(11)18/h2-6,11,13,15,18H,7-10H2,1H3,(H,16,19). The molecule has 8 heteroatoms. The highest BCUT2D eigenvalue weighted by Crippen LogP contribution is 2.13. The van der Waals surface area contributed by atoms with Crippen molar-refractivity contribution in [3.63, 3.8) is 0 Å². The second-order valence-electron chi connectivity index (χ2n) is 5.36. The summed E-state index contributed by atoms with van der Waals surface area (Å²) in [5.41, 5.74) is 0. The van der Waals surface area contributed by atoms with E-state index in [-0.39, 0.29) is 23.3 Å². The van der Waals surface area contributed by atoms with Gasteiger partial charge in [-0.1, -0.05) is 18.2 Å². The van der Waals surface area contributed by atoms with Crippen LogP contribution in [0.4, 0.5) is 0 Å². The predicted molar refractivity (Wildman–Crippen MR) is 81.6 cm³/mol. The van der Waals surface area contributed by atoms with Crippen LogP contribution in [-0.4, -0.2) is 63.1 Å². The van der Waals surface area contributed by atoms with Gasteiger partial charge in [0.25, 0.3) is 0 Å². The average Bonchev–Trinajstić information content (AvgIpc) is 2.91. The van der Waals surface area contributed by atoms with Gasteiger partial charge in [-0.2, -0.15) is 4.31 Å². The Hall–Kier alpha value is -1.48. The van der Waals surface area contributed by atoms with Gasteiger partial charge in [0.05, 0.1) is 17.5 Å². The third-order valence-electron chi connectivity index (χ3n) is 3.68. The molecule has 1 aliphatic rings. The minimum Gasteiger partial charge on any atom is -0.391 e. The number of hydrogen-bond acceptors (Lipinski definition) is 5. The van der Waals surface area contributed by atoms with Crippen LogP contribution >= 0.6 is 0 Å². The zero-order valence-corrected chi connectivity index (χ0v) is 13.2. The molecular weight excluding hydrogens is 306 g/mol. The molecule has 7 nitrogen and oxygen atoms in total. The van der Waals surface area contributed by atoms with Gasteiger partial charge in [-0.25, -0.2) is 8.42 Å². The van der Waals surface area contributed by atoms with E-state index in [0.717, 1.165) is 4.31 Å². The third-order valence-corrected chi connectivity index (χ3v) is 5.50. The molecule has 0 aromatic heterocycles. The van der Waals surface area contributed by atoms with Crippen LogP contribution in [0.1, 0.15) is 0 Å². The zero-order valence-electron chi connectivity index (χ0n) is 12.4. The van der Waals surface area contributed by atoms with Gasteiger partial charge in [0.15, 0.2) is 0 Å². The number of hydrogen-bond donors (Lipinski definition) is 3. The van der Waals surface area contributed by atoms with E-state index in [4.69, 9.17) is 0 Å². The molecule has 1 amide bonds. The van der Waals surface area contributed by atoms with Crippen LogP contribution in [0.25, 0.3) is 0 Å². The average molecular weight is 327 g/mol. The van der Waals surface area contributed by atoms with Gasteiger partial charge in [0.2, 0.25) is 15.9 Å². The second kappa shape index (κ2) is 7.19. The van der Waals surface area contributed by atoms with Crippen LogP contribution in [-0.2, 0) is 14.8 Å². The molecule has 1 fully saturated rings. The van der Waals surface area contributed by atoms with Crippen LogP contribution < -0.4 is 10.6 Å². The van der Waals surface area contributed by atoms with E-state index in [1.165, 1.54) is 19.2 Å². The Kier molecular flexibility index (Phi) is 5.52. The molecule has 1 aliphatic heterocycles. The Balaban J connectivity index is 1.88. The van der Waals surface area contributed by atoms with Crippen molar-refractivity contribution in [1.29, 1.82) is 0 Å². The predicted octanol–water partition coefficient (Wildman–Crippen LogP) is -0.996. The lowest BCUT2D eigenvalue weighted by Gasteiger charge is -2.18. The Morgan fingerprint density at radius 1 is 1.36 bits per heavy atom. The first-order valence-electron chi connectivity index (χ1n) is 7.08. The molecule has 0 spiro atoms. The molecule has 2 unspecified atom stereocenters. The fourth-order valence-corrected chi connectivity index (χ4v) is 3.44. The Labute approximate surface area is 130 Å². The van der Waals surface area contributed by atoms with E-state index in [0.29, 0.717) is 19.6 Å². The van der Waals surface area contributed by atoms with Gasteiger partial charge in [-0.3, -0.25) is 4.79 Å². The lowest BCUT2D eigenvalue weighted by molar-refractivity contribution is -0.121. The molecule has 3 N–H and O–H groups in total. The Morgan fingerprint density at radius 2 is 2.05 bits per heavy atom. The van der Waals surface area contributed by atoms with E-state index in [1.807, 2.05) is 0 Å². The Morgan fingerprint density at radius 3 is 2.64 bits per heavy atom. The number of sulfonamides is 1. The summed E-state index contributed by atoms with van der Waals surface area (Å²) < 4.78 is 25.6. The van der Waals surface area contributed by atoms with Crippen molar-refractivity contribution in [2.24, 2.45) is 5.92 Å². The van der Waals surface area contributed by atoms with Crippen molar-refractivity contribution < 1.29 is 18.3 Å². The maximum atomic E-state index is 12.3. The number of amides is 1. The van der Waals surface area contributed by atoms with Gasteiger partial charge in [-0.15, -0.1) is 0 Å². The normalized spacial score (nSPS) is 22.0. The number of nitrogens with zero attached hydrogens (tertiary/aromatic N) is 1. The number of carbonyl (C=O) groups is 1. The maximum absolute atomic E-state index is 12.3. The van der Waals surface area contributed by atoms with Crippen LogP contribution in [0.5, 0.6) is 0 Å². The fourth-order valence-electron chi connectivity index (χ4n) is 2.29. The van der Waals surface area contributed by atoms with Crippen molar-refractivity contribution in [3.05, 3.63) is 30.3 Å². The molecule has 0 bridgehead atoms. The summed E-state index contributed by atoms with van der Waals surface area (Å²) in [7, 11) is -2.30. The van der Waals surface area contributed by atoms with Crippen molar-refractivity contribution in [2.75, 3.05) is 33.2 Å². The van der Waals surface area contributed by atoms with Gasteiger partial charge in [0, 0.05) is 32.6 Å². The largest absolute Gasteiger partial charge is 0.391 e. The summed E-state index contributed by atoms with van der Waals surface area (Å²) in [5, 5.41) is 15.3. The molecule has 122 valence electrons. The number of nitrogens with one attached hydrogen (secondary N) is 2. The number of β-amino-alcohol motifs (C(OH)–C–C–N with tert-alkyl or cyclic N) is 1. The van der Waals surface area contributed by atoms with E-state index < -0.39 is 16.1 Å². The summed E-state index contributed by atoms with van der Waals surface area (Å²) in [4.78, 5) is 12.0. The lowest BCUT2D eigenvalue weighted by Crippen LogP contribution is -2.41. The zero-order chi connectivity index (χ0) is 16.2. The fraction of sp³-hybridized carbons (Fsp3) is 0.500. The second-order valence-corrected chi connectivity index (χ2v) is 7.41. The summed E-state index contributed by atoms with van der Waals surface area (Å²) in [6, 6.07) is 7.98. The van der Waals surface area contributed by atoms with Crippen LogP contribution in [0.2, 0.25) is 0 Å². The van der Waals surface area contributed by atoms with Crippen LogP contribution in [0.3, 0.4) is 0 Å². The molecular formula is C14H21N3O4S.